The molecule has 0 aliphatic rings. The van der Waals surface area contributed by atoms with Crippen LogP contribution in [0.25, 0.3) is 0 Å². The van der Waals surface area contributed by atoms with Crippen molar-refractivity contribution in [3.05, 3.63) is 31.8 Å². The van der Waals surface area contributed by atoms with Gasteiger partial charge >= 0.3 is 5.97 Å². The number of hydrogen-bond acceptors (Lipinski definition) is 2. The Hall–Kier alpha value is -0.630. The van der Waals surface area contributed by atoms with Gasteiger partial charge < -0.3 is 10.4 Å². The molecule has 1 rings (SSSR count). The summed E-state index contributed by atoms with van der Waals surface area (Å²) in [5.41, 5.74) is 0.439. The first-order chi connectivity index (χ1) is 8.32. The van der Waals surface area contributed by atoms with Gasteiger partial charge in [0, 0.05) is 8.04 Å². The molecule has 0 radical (unpaired) electrons. The lowest BCUT2D eigenvalue weighted by atomic mass is 10.0. The number of nitrogens with one attached hydrogen (secondary N) is 1. The van der Waals surface area contributed by atoms with Crippen LogP contribution >= 0.6 is 38.5 Å². The average Bonchev–Trinajstić information content (AvgIpc) is 2.28. The minimum absolute atomic E-state index is 0.173. The Morgan fingerprint density at radius 1 is 1.39 bits per heavy atom. The van der Waals surface area contributed by atoms with Gasteiger partial charge in [0.2, 0.25) is 0 Å². The second-order valence-corrected chi connectivity index (χ2v) is 6.26. The van der Waals surface area contributed by atoms with E-state index in [4.69, 9.17) is 5.11 Å². The summed E-state index contributed by atoms with van der Waals surface area (Å²) in [6, 6.07) is 4.45. The van der Waals surface area contributed by atoms with Gasteiger partial charge in [-0.05, 0) is 62.6 Å². The lowest BCUT2D eigenvalue weighted by Crippen LogP contribution is -2.44. The molecule has 0 heterocycles. The predicted molar refractivity (Wildman–Crippen MR) is 80.6 cm³/mol. The zero-order valence-corrected chi connectivity index (χ0v) is 13.6. The molecule has 0 saturated heterocycles. The summed E-state index contributed by atoms with van der Waals surface area (Å²) < 4.78 is 1.56. The zero-order chi connectivity index (χ0) is 13.9. The highest BCUT2D eigenvalue weighted by Gasteiger charge is 2.24. The second-order valence-electron chi connectivity index (χ2n) is 4.16. The molecule has 0 bridgehead atoms. The number of benzene rings is 1. The third-order valence-electron chi connectivity index (χ3n) is 2.39. The molecule has 1 atom stereocenters. The third kappa shape index (κ3) is 3.94. The molecule has 0 aliphatic carbocycles. The highest BCUT2D eigenvalue weighted by atomic mass is 127. The first-order valence-electron chi connectivity index (χ1n) is 5.31. The molecular formula is C12H13BrINO3. The Balaban J connectivity index is 2.94. The maximum atomic E-state index is 12.0. The van der Waals surface area contributed by atoms with Gasteiger partial charge in [0.05, 0.1) is 5.56 Å². The van der Waals surface area contributed by atoms with Gasteiger partial charge in [0.1, 0.15) is 6.04 Å². The van der Waals surface area contributed by atoms with E-state index in [-0.39, 0.29) is 11.8 Å². The number of carbonyl (C=O) groups is 2. The van der Waals surface area contributed by atoms with E-state index in [9.17, 15) is 9.59 Å². The van der Waals surface area contributed by atoms with E-state index < -0.39 is 12.0 Å². The fourth-order valence-corrected chi connectivity index (χ4v) is 2.32. The third-order valence-corrected chi connectivity index (χ3v) is 3.75. The fraction of sp³-hybridized carbons (Fsp3) is 0.333. The number of rotatable bonds is 4. The van der Waals surface area contributed by atoms with Crippen LogP contribution in [0.5, 0.6) is 0 Å². The Morgan fingerprint density at radius 2 is 2.00 bits per heavy atom. The second kappa shape index (κ2) is 6.51. The van der Waals surface area contributed by atoms with Gasteiger partial charge in [0.25, 0.3) is 5.91 Å². The number of carboxylic acid groups (broad SMARTS) is 1. The molecule has 2 N–H and O–H groups in total. The van der Waals surface area contributed by atoms with Crippen molar-refractivity contribution in [2.75, 3.05) is 0 Å². The molecule has 18 heavy (non-hydrogen) atoms. The molecule has 0 spiro atoms. The van der Waals surface area contributed by atoms with Crippen molar-refractivity contribution < 1.29 is 14.7 Å². The minimum Gasteiger partial charge on any atom is -0.480 e. The van der Waals surface area contributed by atoms with Crippen molar-refractivity contribution in [1.29, 1.82) is 0 Å². The summed E-state index contributed by atoms with van der Waals surface area (Å²) in [7, 11) is 0. The first-order valence-corrected chi connectivity index (χ1v) is 7.18. The maximum Gasteiger partial charge on any atom is 0.326 e. The number of amides is 1. The quantitative estimate of drug-likeness (QED) is 0.729. The summed E-state index contributed by atoms with van der Waals surface area (Å²) in [6.45, 7) is 3.51. The Labute approximate surface area is 127 Å². The van der Waals surface area contributed by atoms with Crippen molar-refractivity contribution in [3.63, 3.8) is 0 Å². The van der Waals surface area contributed by atoms with Crippen molar-refractivity contribution >= 4 is 50.4 Å². The van der Waals surface area contributed by atoms with Crippen molar-refractivity contribution in [3.8, 4) is 0 Å². The molecule has 1 amide bonds. The van der Waals surface area contributed by atoms with Crippen LogP contribution in [-0.2, 0) is 4.79 Å². The van der Waals surface area contributed by atoms with Crippen LogP contribution in [0, 0.1) is 9.49 Å². The Kier molecular flexibility index (Phi) is 5.58. The monoisotopic (exact) mass is 425 g/mol. The van der Waals surface area contributed by atoms with Crippen molar-refractivity contribution in [1.82, 2.24) is 5.32 Å². The van der Waals surface area contributed by atoms with Gasteiger partial charge in [-0.3, -0.25) is 4.79 Å². The van der Waals surface area contributed by atoms with Gasteiger partial charge in [-0.25, -0.2) is 4.79 Å². The van der Waals surface area contributed by atoms with Crippen LogP contribution in [0.2, 0.25) is 0 Å². The van der Waals surface area contributed by atoms with E-state index in [1.54, 1.807) is 26.0 Å². The number of carboxylic acids is 1. The first kappa shape index (κ1) is 15.4. The largest absolute Gasteiger partial charge is 0.480 e. The van der Waals surface area contributed by atoms with E-state index in [1.807, 2.05) is 6.07 Å². The number of halogens is 2. The fourth-order valence-electron chi connectivity index (χ4n) is 1.40. The van der Waals surface area contributed by atoms with Crippen LogP contribution in [0.4, 0.5) is 0 Å². The number of hydrogen-bond donors (Lipinski definition) is 2. The lowest BCUT2D eigenvalue weighted by molar-refractivity contribution is -0.140. The van der Waals surface area contributed by atoms with Crippen molar-refractivity contribution in [2.45, 2.75) is 19.9 Å². The predicted octanol–water partition coefficient (Wildman–Crippen LogP) is 2.89. The number of carbonyl (C=O) groups excluding carboxylic acids is 1. The lowest BCUT2D eigenvalue weighted by Gasteiger charge is -2.18. The molecular weight excluding hydrogens is 413 g/mol. The zero-order valence-electron chi connectivity index (χ0n) is 9.91. The van der Waals surface area contributed by atoms with Gasteiger partial charge in [-0.1, -0.05) is 13.8 Å². The van der Waals surface area contributed by atoms with Crippen LogP contribution in [0.15, 0.2) is 22.7 Å². The normalized spacial score (nSPS) is 12.3. The summed E-state index contributed by atoms with van der Waals surface area (Å²) in [4.78, 5) is 23.1. The molecule has 1 aromatic carbocycles. The SMILES string of the molecule is CC(C)[C@@H](NC(=O)c1cc(I)ccc1Br)C(=O)O. The van der Waals surface area contributed by atoms with E-state index in [1.165, 1.54) is 0 Å². The maximum absolute atomic E-state index is 12.0. The molecule has 0 unspecified atom stereocenters. The van der Waals surface area contributed by atoms with Crippen LogP contribution in [0.1, 0.15) is 24.2 Å². The van der Waals surface area contributed by atoms with Crippen molar-refractivity contribution in [2.24, 2.45) is 5.92 Å². The van der Waals surface area contributed by atoms with E-state index in [2.05, 4.69) is 43.8 Å². The summed E-state index contributed by atoms with van der Waals surface area (Å²) in [5, 5.41) is 11.6. The summed E-state index contributed by atoms with van der Waals surface area (Å²) in [6.07, 6.45) is 0. The molecule has 0 saturated carbocycles. The van der Waals surface area contributed by atoms with Gasteiger partial charge in [-0.2, -0.15) is 0 Å². The standard InChI is InChI=1S/C12H13BrINO3/c1-6(2)10(12(17)18)15-11(16)8-5-7(14)3-4-9(8)13/h3-6,10H,1-2H3,(H,15,16)(H,17,18)/t10-/m1/s1. The van der Waals surface area contributed by atoms with E-state index in [0.717, 1.165) is 3.57 Å². The van der Waals surface area contributed by atoms with Crippen LogP contribution < -0.4 is 5.32 Å². The smallest absolute Gasteiger partial charge is 0.326 e. The van der Waals surface area contributed by atoms with Gasteiger partial charge in [0.15, 0.2) is 0 Å². The molecule has 0 fully saturated rings. The minimum atomic E-state index is -1.03. The molecule has 1 aromatic rings. The highest BCUT2D eigenvalue weighted by molar-refractivity contribution is 14.1. The molecule has 0 aromatic heterocycles. The molecule has 98 valence electrons. The number of aliphatic carboxylic acids is 1. The summed E-state index contributed by atoms with van der Waals surface area (Å²) in [5.74, 6) is -1.59. The van der Waals surface area contributed by atoms with Crippen LogP contribution in [0.3, 0.4) is 0 Å². The molecule has 6 heteroatoms. The summed E-state index contributed by atoms with van der Waals surface area (Å²) >= 11 is 5.38. The van der Waals surface area contributed by atoms with E-state index in [0.29, 0.717) is 10.0 Å². The highest BCUT2D eigenvalue weighted by Crippen LogP contribution is 2.19. The molecule has 0 aliphatic heterocycles. The topological polar surface area (TPSA) is 66.4 Å². The van der Waals surface area contributed by atoms with E-state index >= 15 is 0 Å². The van der Waals surface area contributed by atoms with Gasteiger partial charge in [-0.15, -0.1) is 0 Å². The Morgan fingerprint density at radius 3 is 2.50 bits per heavy atom. The Bertz CT molecular complexity index is 476. The van der Waals surface area contributed by atoms with Crippen LogP contribution in [-0.4, -0.2) is 23.0 Å². The average molecular weight is 426 g/mol. The molecule has 4 nitrogen and oxygen atoms in total.